The van der Waals surface area contributed by atoms with Crippen molar-refractivity contribution in [1.29, 1.82) is 0 Å². The SMILES string of the molecule is CSc1ccc(S(=O)(=O)Nc2cc(C)ccc2C)cc1NC(C)=O. The van der Waals surface area contributed by atoms with E-state index in [0.29, 0.717) is 11.4 Å². The van der Waals surface area contributed by atoms with Crippen molar-refractivity contribution in [3.63, 3.8) is 0 Å². The lowest BCUT2D eigenvalue weighted by atomic mass is 10.1. The van der Waals surface area contributed by atoms with Crippen LogP contribution >= 0.6 is 11.8 Å². The van der Waals surface area contributed by atoms with Crippen LogP contribution in [0.15, 0.2) is 46.2 Å². The molecule has 0 aliphatic carbocycles. The van der Waals surface area contributed by atoms with Gasteiger partial charge in [0.05, 0.1) is 16.3 Å². The van der Waals surface area contributed by atoms with Crippen LogP contribution in [0.4, 0.5) is 11.4 Å². The van der Waals surface area contributed by atoms with Gasteiger partial charge in [0.15, 0.2) is 0 Å². The largest absolute Gasteiger partial charge is 0.325 e. The average Bonchev–Trinajstić information content (AvgIpc) is 2.50. The third-order valence-corrected chi connectivity index (χ3v) is 5.59. The Morgan fingerprint density at radius 1 is 1.04 bits per heavy atom. The highest BCUT2D eigenvalue weighted by Gasteiger charge is 2.17. The number of thioether (sulfide) groups is 1. The second kappa shape index (κ2) is 7.27. The molecule has 5 nitrogen and oxygen atoms in total. The van der Waals surface area contributed by atoms with Crippen LogP contribution in [0.25, 0.3) is 0 Å². The molecule has 24 heavy (non-hydrogen) atoms. The van der Waals surface area contributed by atoms with Crippen LogP contribution in [0.2, 0.25) is 0 Å². The minimum atomic E-state index is -3.75. The van der Waals surface area contributed by atoms with E-state index in [2.05, 4.69) is 10.0 Å². The molecule has 0 bridgehead atoms. The highest BCUT2D eigenvalue weighted by atomic mass is 32.2. The summed E-state index contributed by atoms with van der Waals surface area (Å²) in [5.41, 5.74) is 2.84. The van der Waals surface area contributed by atoms with Crippen molar-refractivity contribution >= 4 is 39.1 Å². The zero-order valence-electron chi connectivity index (χ0n) is 14.0. The van der Waals surface area contributed by atoms with E-state index in [1.54, 1.807) is 12.1 Å². The van der Waals surface area contributed by atoms with E-state index in [1.165, 1.54) is 30.8 Å². The van der Waals surface area contributed by atoms with Crippen molar-refractivity contribution < 1.29 is 13.2 Å². The summed E-state index contributed by atoms with van der Waals surface area (Å²) in [6, 6.07) is 10.3. The van der Waals surface area contributed by atoms with Gasteiger partial charge in [-0.05, 0) is 55.5 Å². The van der Waals surface area contributed by atoms with Gasteiger partial charge in [-0.15, -0.1) is 11.8 Å². The number of sulfonamides is 1. The van der Waals surface area contributed by atoms with E-state index in [1.807, 2.05) is 32.2 Å². The number of carbonyl (C=O) groups is 1. The minimum Gasteiger partial charge on any atom is -0.325 e. The lowest BCUT2D eigenvalue weighted by molar-refractivity contribution is -0.114. The first-order chi connectivity index (χ1) is 11.2. The van der Waals surface area contributed by atoms with Crippen molar-refractivity contribution in [3.8, 4) is 0 Å². The predicted octanol–water partition coefficient (Wildman–Crippen LogP) is 3.78. The van der Waals surface area contributed by atoms with Crippen LogP contribution < -0.4 is 10.0 Å². The van der Waals surface area contributed by atoms with Crippen molar-refractivity contribution in [2.24, 2.45) is 0 Å². The van der Waals surface area contributed by atoms with E-state index < -0.39 is 10.0 Å². The third kappa shape index (κ3) is 4.30. The maximum Gasteiger partial charge on any atom is 0.261 e. The molecule has 0 heterocycles. The minimum absolute atomic E-state index is 0.102. The summed E-state index contributed by atoms with van der Waals surface area (Å²) in [7, 11) is -3.75. The summed E-state index contributed by atoms with van der Waals surface area (Å²) in [6.07, 6.45) is 1.86. The summed E-state index contributed by atoms with van der Waals surface area (Å²) in [5, 5.41) is 2.67. The lowest BCUT2D eigenvalue weighted by Crippen LogP contribution is -2.15. The highest BCUT2D eigenvalue weighted by Crippen LogP contribution is 2.29. The number of anilines is 2. The van der Waals surface area contributed by atoms with Gasteiger partial charge in [-0.3, -0.25) is 9.52 Å². The number of hydrogen-bond donors (Lipinski definition) is 2. The van der Waals surface area contributed by atoms with E-state index in [0.717, 1.165) is 16.0 Å². The number of aryl methyl sites for hydroxylation is 2. The number of rotatable bonds is 5. The molecule has 0 saturated heterocycles. The molecule has 0 aliphatic rings. The van der Waals surface area contributed by atoms with E-state index >= 15 is 0 Å². The molecule has 2 aromatic rings. The van der Waals surface area contributed by atoms with Gasteiger partial charge in [-0.2, -0.15) is 0 Å². The normalized spacial score (nSPS) is 11.2. The average molecular weight is 364 g/mol. The molecule has 2 aromatic carbocycles. The van der Waals surface area contributed by atoms with Gasteiger partial charge in [0.2, 0.25) is 5.91 Å². The highest BCUT2D eigenvalue weighted by molar-refractivity contribution is 7.98. The van der Waals surface area contributed by atoms with Crippen LogP contribution in [0.5, 0.6) is 0 Å². The first kappa shape index (κ1) is 18.4. The Hall–Kier alpha value is -1.99. The number of benzene rings is 2. The van der Waals surface area contributed by atoms with Crippen LogP contribution in [-0.4, -0.2) is 20.6 Å². The molecule has 2 rings (SSSR count). The van der Waals surface area contributed by atoms with Gasteiger partial charge in [0.1, 0.15) is 0 Å². The Balaban J connectivity index is 2.42. The molecule has 0 spiro atoms. The molecule has 7 heteroatoms. The van der Waals surface area contributed by atoms with Crippen LogP contribution in [0.3, 0.4) is 0 Å². The van der Waals surface area contributed by atoms with Gasteiger partial charge in [-0.25, -0.2) is 8.42 Å². The second-order valence-electron chi connectivity index (χ2n) is 5.47. The van der Waals surface area contributed by atoms with Crippen molar-refractivity contribution in [1.82, 2.24) is 0 Å². The van der Waals surface area contributed by atoms with Gasteiger partial charge in [-0.1, -0.05) is 12.1 Å². The van der Waals surface area contributed by atoms with Gasteiger partial charge in [0, 0.05) is 11.8 Å². The summed E-state index contributed by atoms with van der Waals surface area (Å²) in [5.74, 6) is -0.248. The standard InChI is InChI=1S/C17H20N2O3S2/c1-11-5-6-12(2)15(9-11)19-24(21,22)14-7-8-17(23-4)16(10-14)18-13(3)20/h5-10,19H,1-4H3,(H,18,20). The Bertz CT molecular complexity index is 877. The fraction of sp³-hybridized carbons (Fsp3) is 0.235. The zero-order chi connectivity index (χ0) is 17.9. The smallest absolute Gasteiger partial charge is 0.261 e. The Morgan fingerprint density at radius 2 is 1.75 bits per heavy atom. The predicted molar refractivity (Wildman–Crippen MR) is 99.3 cm³/mol. The first-order valence-electron chi connectivity index (χ1n) is 7.28. The molecule has 0 fully saturated rings. The molecule has 0 radical (unpaired) electrons. The topological polar surface area (TPSA) is 75.3 Å². The van der Waals surface area contributed by atoms with Crippen molar-refractivity contribution in [3.05, 3.63) is 47.5 Å². The first-order valence-corrected chi connectivity index (χ1v) is 9.99. The van der Waals surface area contributed by atoms with Gasteiger partial charge >= 0.3 is 0 Å². The Labute approximate surface area is 146 Å². The maximum atomic E-state index is 12.7. The van der Waals surface area contributed by atoms with E-state index in [9.17, 15) is 13.2 Å². The Kier molecular flexibility index (Phi) is 5.56. The summed E-state index contributed by atoms with van der Waals surface area (Å²) < 4.78 is 28.0. The third-order valence-electron chi connectivity index (χ3n) is 3.43. The zero-order valence-corrected chi connectivity index (χ0v) is 15.6. The van der Waals surface area contributed by atoms with E-state index in [-0.39, 0.29) is 10.8 Å². The maximum absolute atomic E-state index is 12.7. The van der Waals surface area contributed by atoms with Crippen LogP contribution in [0.1, 0.15) is 18.1 Å². The van der Waals surface area contributed by atoms with Gasteiger partial charge < -0.3 is 5.32 Å². The monoisotopic (exact) mass is 364 g/mol. The molecule has 1 amide bonds. The molecule has 0 aromatic heterocycles. The summed E-state index contributed by atoms with van der Waals surface area (Å²) in [6.45, 7) is 5.13. The fourth-order valence-corrected chi connectivity index (χ4v) is 3.87. The molecule has 2 N–H and O–H groups in total. The quantitative estimate of drug-likeness (QED) is 0.792. The number of hydrogen-bond acceptors (Lipinski definition) is 4. The fourth-order valence-electron chi connectivity index (χ4n) is 2.19. The summed E-state index contributed by atoms with van der Waals surface area (Å²) >= 11 is 1.44. The second-order valence-corrected chi connectivity index (χ2v) is 8.00. The molecular weight excluding hydrogens is 344 g/mol. The summed E-state index contributed by atoms with van der Waals surface area (Å²) in [4.78, 5) is 12.2. The lowest BCUT2D eigenvalue weighted by Gasteiger charge is -2.14. The number of nitrogens with one attached hydrogen (secondary N) is 2. The Morgan fingerprint density at radius 3 is 2.38 bits per heavy atom. The number of amides is 1. The van der Waals surface area contributed by atoms with Crippen LogP contribution in [-0.2, 0) is 14.8 Å². The van der Waals surface area contributed by atoms with Crippen molar-refractivity contribution in [2.75, 3.05) is 16.3 Å². The molecule has 0 aliphatic heterocycles. The molecular formula is C17H20N2O3S2. The van der Waals surface area contributed by atoms with Crippen molar-refractivity contribution in [2.45, 2.75) is 30.6 Å². The number of carbonyl (C=O) groups excluding carboxylic acids is 1. The molecule has 0 unspecified atom stereocenters. The molecule has 0 saturated carbocycles. The molecule has 128 valence electrons. The van der Waals surface area contributed by atoms with E-state index in [4.69, 9.17) is 0 Å². The van der Waals surface area contributed by atoms with Gasteiger partial charge in [0.25, 0.3) is 10.0 Å². The molecule has 0 atom stereocenters. The van der Waals surface area contributed by atoms with Crippen LogP contribution in [0, 0.1) is 13.8 Å².